The molecule has 6 aromatic carbocycles. The first-order valence-corrected chi connectivity index (χ1v) is 27.3. The summed E-state index contributed by atoms with van der Waals surface area (Å²) in [5, 5.41) is 33.1. The van der Waals surface area contributed by atoms with Crippen molar-refractivity contribution in [3.63, 3.8) is 0 Å². The molecule has 0 saturated heterocycles. The van der Waals surface area contributed by atoms with Crippen molar-refractivity contribution in [3.8, 4) is 11.4 Å². The fourth-order valence-electron chi connectivity index (χ4n) is 7.86. The number of halogens is 1. The van der Waals surface area contributed by atoms with E-state index >= 15 is 0 Å². The van der Waals surface area contributed by atoms with Crippen LogP contribution in [0.25, 0.3) is 16.5 Å². The Morgan fingerprint density at radius 2 is 1.45 bits per heavy atom. The maximum Gasteiger partial charge on any atom is 0.340 e. The molecule has 1 atom stereocenters. The average Bonchev–Trinajstić information content (AvgIpc) is 3.93. The van der Waals surface area contributed by atoms with Crippen LogP contribution in [0.3, 0.4) is 0 Å². The number of carbonyl (C=O) groups excluding carboxylic acids is 5. The van der Waals surface area contributed by atoms with E-state index in [1.807, 2.05) is 0 Å². The van der Waals surface area contributed by atoms with Crippen LogP contribution in [-0.2, 0) is 29.1 Å². The van der Waals surface area contributed by atoms with E-state index < -0.39 is 34.2 Å². The van der Waals surface area contributed by atoms with Crippen molar-refractivity contribution in [1.82, 2.24) is 25.6 Å². The van der Waals surface area contributed by atoms with E-state index in [2.05, 4.69) is 54.0 Å². The zero-order valence-electron chi connectivity index (χ0n) is 41.7. The Balaban J connectivity index is 0.990. The first-order chi connectivity index (χ1) is 37.3. The Morgan fingerprint density at radius 3 is 2.17 bits per heavy atom. The Labute approximate surface area is 453 Å². The molecule has 1 heterocycles. The molecule has 77 heavy (non-hydrogen) atoms. The van der Waals surface area contributed by atoms with Crippen LogP contribution in [0.2, 0.25) is 5.02 Å². The minimum absolute atomic E-state index is 0.00101. The first kappa shape index (κ1) is 56.5. The number of fused-ring (bicyclic) bond motifs is 1. The molecule has 0 fully saturated rings. The highest BCUT2D eigenvalue weighted by Gasteiger charge is 2.23. The highest BCUT2D eigenvalue weighted by atomic mass is 35.5. The number of carbonyl (C=O) groups is 4. The molecule has 20 nitrogen and oxygen atoms in total. The molecule has 0 bridgehead atoms. The summed E-state index contributed by atoms with van der Waals surface area (Å²) < 4.78 is 41.5. The third-order valence-electron chi connectivity index (χ3n) is 11.7. The minimum Gasteiger partial charge on any atom is -0.506 e. The number of phenolic OH excluding ortho intramolecular Hbond substituents is 1. The van der Waals surface area contributed by atoms with E-state index in [-0.39, 0.29) is 55.6 Å². The third kappa shape index (κ3) is 16.1. The lowest BCUT2D eigenvalue weighted by atomic mass is 10.0. The van der Waals surface area contributed by atoms with E-state index in [4.69, 9.17) is 21.1 Å². The van der Waals surface area contributed by atoms with Crippen molar-refractivity contribution >= 4 is 103 Å². The average molecular weight is 1100 g/mol. The van der Waals surface area contributed by atoms with Crippen LogP contribution in [0, 0.1) is 0 Å². The van der Waals surface area contributed by atoms with E-state index in [0.717, 1.165) is 43.5 Å². The van der Waals surface area contributed by atoms with Gasteiger partial charge in [-0.2, -0.15) is 4.68 Å². The Bertz CT molecular complexity index is 3360. The van der Waals surface area contributed by atoms with Gasteiger partial charge >= 0.3 is 12.0 Å². The lowest BCUT2D eigenvalue weighted by molar-refractivity contribution is -0.109. The fourth-order valence-corrected chi connectivity index (χ4v) is 10.1. The SMILES string of the molecule is CCCCCCCCCCCCOC(C=C=O)OC(=O)c1ccc(Cl)c(NC(=O)c2cc(Sc3nnnn3-c3cccc(NC(=O)Nc4cccc(S(=O)(=O)Nc5ccc(NNC=O)cc5)c4)c3)c3ccccc3c2O)c1. The highest BCUT2D eigenvalue weighted by Crippen LogP contribution is 2.40. The van der Waals surface area contributed by atoms with E-state index in [1.165, 1.54) is 104 Å². The lowest BCUT2D eigenvalue weighted by Gasteiger charge is -2.16. The van der Waals surface area contributed by atoms with Crippen LogP contribution < -0.4 is 31.5 Å². The Morgan fingerprint density at radius 1 is 0.779 bits per heavy atom. The summed E-state index contributed by atoms with van der Waals surface area (Å²) in [6.07, 6.45) is 11.5. The number of nitrogens with zero attached hydrogens (tertiary/aromatic N) is 4. The van der Waals surface area contributed by atoms with Crippen molar-refractivity contribution in [2.45, 2.75) is 92.4 Å². The molecule has 1 aromatic heterocycles. The van der Waals surface area contributed by atoms with Gasteiger partial charge in [-0.15, -0.1) is 5.10 Å². The summed E-state index contributed by atoms with van der Waals surface area (Å²) in [5.74, 6) is -0.318. The van der Waals surface area contributed by atoms with Gasteiger partial charge in [0.15, 0.2) is 0 Å². The molecule has 0 saturated carbocycles. The molecule has 7 aromatic rings. The molecule has 0 aliphatic heterocycles. The predicted octanol–water partition coefficient (Wildman–Crippen LogP) is 10.9. The van der Waals surface area contributed by atoms with Crippen molar-refractivity contribution < 1.29 is 47.0 Å². The number of anilines is 5. The highest BCUT2D eigenvalue weighted by molar-refractivity contribution is 7.99. The van der Waals surface area contributed by atoms with Crippen LogP contribution in [0.15, 0.2) is 142 Å². The van der Waals surface area contributed by atoms with Crippen molar-refractivity contribution in [2.75, 3.05) is 32.7 Å². The maximum atomic E-state index is 14.1. The summed E-state index contributed by atoms with van der Waals surface area (Å²) in [6.45, 7) is 2.47. The van der Waals surface area contributed by atoms with Gasteiger partial charge in [0.1, 0.15) is 11.7 Å². The molecular formula is C54H55ClN10O10S2. The number of urea groups is 1. The maximum absolute atomic E-state index is 14.1. The number of ether oxygens (including phenoxy) is 2. The molecule has 400 valence electrons. The number of rotatable bonds is 28. The third-order valence-corrected chi connectivity index (χ3v) is 14.4. The molecular weight excluding hydrogens is 1050 g/mol. The smallest absolute Gasteiger partial charge is 0.340 e. The number of hydrazine groups is 1. The summed E-state index contributed by atoms with van der Waals surface area (Å²) in [7, 11) is -4.07. The largest absolute Gasteiger partial charge is 0.506 e. The lowest BCUT2D eigenvalue weighted by Crippen LogP contribution is -2.21. The quantitative estimate of drug-likeness (QED) is 0.00600. The number of unbranched alkanes of at least 4 members (excludes halogenated alkanes) is 9. The fraction of sp³-hybridized carbons (Fsp3) is 0.241. The van der Waals surface area contributed by atoms with Gasteiger partial charge in [0, 0.05) is 27.3 Å². The number of sulfonamides is 1. The first-order valence-electron chi connectivity index (χ1n) is 24.6. The van der Waals surface area contributed by atoms with Crippen molar-refractivity contribution in [1.29, 1.82) is 0 Å². The topological polar surface area (TPSA) is 274 Å². The van der Waals surface area contributed by atoms with Gasteiger partial charge in [0.25, 0.3) is 15.9 Å². The van der Waals surface area contributed by atoms with Crippen LogP contribution in [0.5, 0.6) is 5.75 Å². The number of esters is 1. The number of tetrazole rings is 1. The van der Waals surface area contributed by atoms with Crippen molar-refractivity contribution in [2.24, 2.45) is 0 Å². The zero-order chi connectivity index (χ0) is 54.6. The summed E-state index contributed by atoms with van der Waals surface area (Å²) >= 11 is 7.60. The van der Waals surface area contributed by atoms with Crippen LogP contribution in [0.1, 0.15) is 91.8 Å². The summed E-state index contributed by atoms with van der Waals surface area (Å²) in [6, 6.07) is 30.1. The van der Waals surface area contributed by atoms with E-state index in [0.29, 0.717) is 39.1 Å². The van der Waals surface area contributed by atoms with E-state index in [9.17, 15) is 37.5 Å². The molecule has 4 amide bonds. The molecule has 0 aliphatic carbocycles. The number of hydrogen-bond donors (Lipinski definition) is 7. The molecule has 0 aliphatic rings. The standard InChI is InChI=1S/C54H55ClN10O10S2/c1-2-3-4-5-6-7-8-9-10-13-30-74-49(28-29-66)75-52(70)36-22-27-46(55)47(31-36)59-51(69)45-34-48(43-20-11-12-21-44(43)50(45)68)76-54-61-63-64-65(54)41-18-14-16-39(32-41)57-53(71)58-40-17-15-19-42(33-40)77(72,73)62-38-25-23-37(24-26-38)60-56-35-67/h11-12,14-28,31-35,49,60,62,68H,2-10,13,30H2,1H3,(H,56,67)(H,59,69)(H2,57,58,71). The molecule has 7 N–H and O–H groups in total. The number of nitrogens with one attached hydrogen (secondary N) is 6. The van der Waals surface area contributed by atoms with Crippen LogP contribution in [0.4, 0.5) is 33.2 Å². The van der Waals surface area contributed by atoms with Crippen LogP contribution in [-0.4, -0.2) is 76.9 Å². The van der Waals surface area contributed by atoms with Crippen LogP contribution >= 0.6 is 23.4 Å². The molecule has 0 spiro atoms. The number of hydrogen-bond acceptors (Lipinski definition) is 15. The number of aromatic nitrogens is 4. The molecule has 7 rings (SSSR count). The Kier molecular flexibility index (Phi) is 20.6. The molecule has 23 heteroatoms. The number of amides is 4. The van der Waals surface area contributed by atoms with Gasteiger partial charge in [0.2, 0.25) is 17.9 Å². The van der Waals surface area contributed by atoms with Gasteiger partial charge in [-0.25, -0.2) is 22.8 Å². The van der Waals surface area contributed by atoms with Crippen molar-refractivity contribution in [3.05, 3.63) is 144 Å². The minimum atomic E-state index is -4.07. The second kappa shape index (κ2) is 28.0. The molecule has 0 radical (unpaired) electrons. The van der Waals surface area contributed by atoms with Gasteiger partial charge in [0.05, 0.1) is 50.8 Å². The number of phenols is 1. The monoisotopic (exact) mass is 1100 g/mol. The number of benzene rings is 6. The number of aromatic hydroxyl groups is 1. The Hall–Kier alpha value is -8.27. The molecule has 1 unspecified atom stereocenters. The summed E-state index contributed by atoms with van der Waals surface area (Å²) in [4.78, 5) is 62.8. The van der Waals surface area contributed by atoms with Gasteiger partial charge in [-0.3, -0.25) is 25.2 Å². The van der Waals surface area contributed by atoms with Gasteiger partial charge in [-0.05, 0) is 119 Å². The normalized spacial score (nSPS) is 11.5. The second-order valence-corrected chi connectivity index (χ2v) is 20.4. The van der Waals surface area contributed by atoms with Gasteiger partial charge in [-0.1, -0.05) is 113 Å². The predicted molar refractivity (Wildman–Crippen MR) is 295 cm³/mol. The summed E-state index contributed by atoms with van der Waals surface area (Å²) in [5.41, 5.74) is 6.54. The van der Waals surface area contributed by atoms with Gasteiger partial charge < -0.3 is 30.5 Å². The van der Waals surface area contributed by atoms with E-state index in [1.54, 1.807) is 66.6 Å². The zero-order valence-corrected chi connectivity index (χ0v) is 44.1. The second-order valence-electron chi connectivity index (χ2n) is 17.3.